The first kappa shape index (κ1) is 28.3. The number of likely N-dealkylation sites (tertiary alicyclic amines) is 1. The van der Waals surface area contributed by atoms with Gasteiger partial charge in [0.25, 0.3) is 0 Å². The number of amides is 3. The fourth-order valence-electron chi connectivity index (χ4n) is 5.15. The predicted octanol–water partition coefficient (Wildman–Crippen LogP) is 3.15. The van der Waals surface area contributed by atoms with Crippen LogP contribution in [0.4, 0.5) is 4.79 Å². The van der Waals surface area contributed by atoms with E-state index in [4.69, 9.17) is 15.9 Å². The summed E-state index contributed by atoms with van der Waals surface area (Å²) in [5.41, 5.74) is 5.63. The zero-order chi connectivity index (χ0) is 27.2. The van der Waals surface area contributed by atoms with E-state index in [1.807, 2.05) is 0 Å². The number of nitrogens with zero attached hydrogens (tertiary/aromatic N) is 1. The molecule has 1 saturated heterocycles. The van der Waals surface area contributed by atoms with Gasteiger partial charge in [-0.05, 0) is 63.6 Å². The molecule has 0 aromatic heterocycles. The van der Waals surface area contributed by atoms with Crippen LogP contribution >= 0.6 is 0 Å². The standard InChI is InChI=1S/C27H41N5O5/c1-27(2,3)37-26(36)31-20(14-17-8-5-4-6-9-17)25(35)32-13-7-10-21(32)24(34)30-16-18-11-12-19(23(28)29)22(33)15-18/h11-12,15,17,20-21,33H,4-10,13-14,16H2,1-3H3,(H3,28,29)(H,30,34)(H,31,36)/t20-,21+/m1/s1. The fraction of sp³-hybridized carbons (Fsp3) is 0.630. The minimum Gasteiger partial charge on any atom is -0.507 e. The van der Waals surface area contributed by atoms with Gasteiger partial charge in [0.05, 0.1) is 5.56 Å². The topological polar surface area (TPSA) is 158 Å². The van der Waals surface area contributed by atoms with Crippen LogP contribution in [-0.2, 0) is 20.9 Å². The Morgan fingerprint density at radius 2 is 1.86 bits per heavy atom. The highest BCUT2D eigenvalue weighted by molar-refractivity contribution is 5.97. The third kappa shape index (κ3) is 8.10. The van der Waals surface area contributed by atoms with Crippen molar-refractivity contribution in [3.8, 4) is 5.75 Å². The second-order valence-electron chi connectivity index (χ2n) is 11.1. The number of nitrogen functional groups attached to an aromatic ring is 1. The van der Waals surface area contributed by atoms with Gasteiger partial charge in [0.1, 0.15) is 29.3 Å². The van der Waals surface area contributed by atoms with E-state index in [0.29, 0.717) is 37.3 Å². The molecule has 1 aromatic rings. The summed E-state index contributed by atoms with van der Waals surface area (Å²) in [6.07, 6.45) is 6.62. The molecule has 0 radical (unpaired) electrons. The van der Waals surface area contributed by atoms with E-state index < -0.39 is 23.8 Å². The van der Waals surface area contributed by atoms with E-state index in [2.05, 4.69) is 10.6 Å². The zero-order valence-electron chi connectivity index (χ0n) is 22.1. The molecular formula is C27H41N5O5. The molecule has 10 nitrogen and oxygen atoms in total. The Bertz CT molecular complexity index is 999. The second-order valence-corrected chi connectivity index (χ2v) is 11.1. The van der Waals surface area contributed by atoms with Gasteiger partial charge in [-0.25, -0.2) is 4.79 Å². The lowest BCUT2D eigenvalue weighted by Gasteiger charge is -2.32. The number of rotatable bonds is 8. The Morgan fingerprint density at radius 1 is 1.16 bits per heavy atom. The highest BCUT2D eigenvalue weighted by Gasteiger charge is 2.39. The van der Waals surface area contributed by atoms with E-state index in [1.165, 1.54) is 18.6 Å². The van der Waals surface area contributed by atoms with Crippen molar-refractivity contribution in [3.63, 3.8) is 0 Å². The molecule has 0 unspecified atom stereocenters. The van der Waals surface area contributed by atoms with Crippen LogP contribution in [0.5, 0.6) is 5.75 Å². The van der Waals surface area contributed by atoms with Gasteiger partial charge in [0, 0.05) is 13.1 Å². The fourth-order valence-corrected chi connectivity index (χ4v) is 5.15. The number of nitrogens with two attached hydrogens (primary N) is 1. The van der Waals surface area contributed by atoms with Crippen molar-refractivity contribution in [1.29, 1.82) is 5.41 Å². The van der Waals surface area contributed by atoms with Gasteiger partial charge in [-0.1, -0.05) is 38.2 Å². The predicted molar refractivity (Wildman–Crippen MR) is 140 cm³/mol. The maximum absolute atomic E-state index is 13.7. The van der Waals surface area contributed by atoms with Crippen LogP contribution in [0.2, 0.25) is 0 Å². The first-order chi connectivity index (χ1) is 17.4. The summed E-state index contributed by atoms with van der Waals surface area (Å²) in [5, 5.41) is 23.2. The van der Waals surface area contributed by atoms with Crippen molar-refractivity contribution in [2.75, 3.05) is 6.54 Å². The number of hydrogen-bond donors (Lipinski definition) is 5. The number of carbonyl (C=O) groups is 3. The summed E-state index contributed by atoms with van der Waals surface area (Å²) in [4.78, 5) is 40.9. The molecule has 10 heteroatoms. The minimum atomic E-state index is -0.748. The molecule has 1 saturated carbocycles. The first-order valence-electron chi connectivity index (χ1n) is 13.2. The van der Waals surface area contributed by atoms with Gasteiger partial charge in [-0.2, -0.15) is 0 Å². The van der Waals surface area contributed by atoms with E-state index in [1.54, 1.807) is 31.7 Å². The average Bonchev–Trinajstić information content (AvgIpc) is 3.31. The quantitative estimate of drug-likeness (QED) is 0.264. The minimum absolute atomic E-state index is 0.129. The summed E-state index contributed by atoms with van der Waals surface area (Å²) in [6.45, 7) is 5.93. The summed E-state index contributed by atoms with van der Waals surface area (Å²) < 4.78 is 5.42. The van der Waals surface area contributed by atoms with E-state index in [-0.39, 0.29) is 35.5 Å². The van der Waals surface area contributed by atoms with Crippen LogP contribution in [0.25, 0.3) is 0 Å². The molecular weight excluding hydrogens is 474 g/mol. The maximum Gasteiger partial charge on any atom is 0.408 e. The number of alkyl carbamates (subject to hydrolysis) is 1. The molecule has 2 aliphatic rings. The molecule has 0 spiro atoms. The van der Waals surface area contributed by atoms with Crippen molar-refractivity contribution in [1.82, 2.24) is 15.5 Å². The lowest BCUT2D eigenvalue weighted by atomic mass is 9.84. The van der Waals surface area contributed by atoms with Crippen molar-refractivity contribution < 1.29 is 24.2 Å². The number of hydrogen-bond acceptors (Lipinski definition) is 6. The number of benzene rings is 1. The largest absolute Gasteiger partial charge is 0.507 e. The monoisotopic (exact) mass is 515 g/mol. The molecule has 204 valence electrons. The van der Waals surface area contributed by atoms with Crippen LogP contribution in [0.15, 0.2) is 18.2 Å². The number of amidine groups is 1. The number of aromatic hydroxyl groups is 1. The number of phenolic OH excluding ortho intramolecular Hbond substituents is 1. The summed E-state index contributed by atoms with van der Waals surface area (Å²) >= 11 is 0. The normalized spacial score (nSPS) is 19.2. The van der Waals surface area contributed by atoms with E-state index in [0.717, 1.165) is 25.7 Å². The van der Waals surface area contributed by atoms with Gasteiger partial charge in [0.15, 0.2) is 0 Å². The summed E-state index contributed by atoms with van der Waals surface area (Å²) in [7, 11) is 0. The molecule has 1 aliphatic carbocycles. The maximum atomic E-state index is 13.7. The molecule has 1 heterocycles. The molecule has 0 bridgehead atoms. The van der Waals surface area contributed by atoms with E-state index >= 15 is 0 Å². The lowest BCUT2D eigenvalue weighted by molar-refractivity contribution is -0.140. The second kappa shape index (κ2) is 12.3. The Balaban J connectivity index is 1.67. The van der Waals surface area contributed by atoms with Crippen molar-refractivity contribution in [3.05, 3.63) is 29.3 Å². The third-order valence-corrected chi connectivity index (χ3v) is 6.94. The highest BCUT2D eigenvalue weighted by atomic mass is 16.6. The summed E-state index contributed by atoms with van der Waals surface area (Å²) in [5.74, 6) is -0.558. The van der Waals surface area contributed by atoms with Crippen molar-refractivity contribution >= 4 is 23.7 Å². The van der Waals surface area contributed by atoms with E-state index in [9.17, 15) is 19.5 Å². The molecule has 1 aliphatic heterocycles. The Hall–Kier alpha value is -3.30. The van der Waals surface area contributed by atoms with Crippen LogP contribution in [0.1, 0.15) is 83.3 Å². The number of phenols is 1. The Morgan fingerprint density at radius 3 is 2.49 bits per heavy atom. The van der Waals surface area contributed by atoms with Crippen molar-refractivity contribution in [2.45, 2.75) is 96.4 Å². The average molecular weight is 516 g/mol. The molecule has 6 N–H and O–H groups in total. The summed E-state index contributed by atoms with van der Waals surface area (Å²) in [6, 6.07) is 3.29. The molecule has 3 rings (SSSR count). The van der Waals surface area contributed by atoms with Crippen LogP contribution in [-0.4, -0.2) is 58.0 Å². The molecule has 37 heavy (non-hydrogen) atoms. The van der Waals surface area contributed by atoms with Gasteiger partial charge >= 0.3 is 6.09 Å². The van der Waals surface area contributed by atoms with Crippen LogP contribution in [0, 0.1) is 11.3 Å². The zero-order valence-corrected chi connectivity index (χ0v) is 22.1. The number of carbonyl (C=O) groups excluding carboxylic acids is 3. The molecule has 1 aromatic carbocycles. The molecule has 2 fully saturated rings. The Kier molecular flexibility index (Phi) is 9.39. The smallest absolute Gasteiger partial charge is 0.408 e. The van der Waals surface area contributed by atoms with Gasteiger partial charge in [-0.3, -0.25) is 15.0 Å². The number of nitrogens with one attached hydrogen (secondary N) is 3. The highest BCUT2D eigenvalue weighted by Crippen LogP contribution is 2.29. The van der Waals surface area contributed by atoms with Gasteiger partial charge < -0.3 is 31.1 Å². The SMILES string of the molecule is CC(C)(C)OC(=O)N[C@H](CC1CCCCC1)C(=O)N1CCC[C@H]1C(=O)NCc1ccc(C(=N)N)c(O)c1. The van der Waals surface area contributed by atoms with Crippen LogP contribution < -0.4 is 16.4 Å². The van der Waals surface area contributed by atoms with Gasteiger partial charge in [-0.15, -0.1) is 0 Å². The van der Waals surface area contributed by atoms with Crippen molar-refractivity contribution in [2.24, 2.45) is 11.7 Å². The molecule has 2 atom stereocenters. The van der Waals surface area contributed by atoms with Gasteiger partial charge in [0.2, 0.25) is 11.8 Å². The first-order valence-corrected chi connectivity index (χ1v) is 13.2. The number of ether oxygens (including phenoxy) is 1. The Labute approximate surface area is 218 Å². The third-order valence-electron chi connectivity index (χ3n) is 6.94. The lowest BCUT2D eigenvalue weighted by Crippen LogP contribution is -2.54. The molecule has 3 amide bonds. The van der Waals surface area contributed by atoms with Crippen LogP contribution in [0.3, 0.4) is 0 Å².